The number of benzene rings is 1. The molecule has 0 amide bonds. The van der Waals surface area contributed by atoms with Crippen molar-refractivity contribution in [2.75, 3.05) is 12.3 Å². The van der Waals surface area contributed by atoms with Crippen molar-refractivity contribution < 1.29 is 9.47 Å². The Labute approximate surface area is 116 Å². The van der Waals surface area contributed by atoms with Gasteiger partial charge in [-0.15, -0.1) is 0 Å². The molecule has 1 fully saturated rings. The SMILES string of the molecule is CC1(C)CC(OCCc2ccccc2N)C(C)(C)O1. The molecule has 19 heavy (non-hydrogen) atoms. The molecule has 3 heteroatoms. The highest BCUT2D eigenvalue weighted by Crippen LogP contribution is 2.39. The van der Waals surface area contributed by atoms with Crippen LogP contribution in [0.4, 0.5) is 5.69 Å². The molecule has 1 aliphatic rings. The minimum Gasteiger partial charge on any atom is -0.399 e. The first-order chi connectivity index (χ1) is 8.80. The highest BCUT2D eigenvalue weighted by molar-refractivity contribution is 5.46. The fraction of sp³-hybridized carbons (Fsp3) is 0.625. The second-order valence-electron chi connectivity index (χ2n) is 6.48. The summed E-state index contributed by atoms with van der Waals surface area (Å²) in [7, 11) is 0. The number of nitrogens with two attached hydrogens (primary N) is 1. The molecule has 3 nitrogen and oxygen atoms in total. The Balaban J connectivity index is 1.88. The van der Waals surface area contributed by atoms with Crippen LogP contribution in [0.25, 0.3) is 0 Å². The Hall–Kier alpha value is -1.06. The Bertz CT molecular complexity index is 440. The Morgan fingerprint density at radius 1 is 1.26 bits per heavy atom. The largest absolute Gasteiger partial charge is 0.399 e. The zero-order valence-electron chi connectivity index (χ0n) is 12.4. The van der Waals surface area contributed by atoms with E-state index in [2.05, 4.69) is 33.8 Å². The Morgan fingerprint density at radius 3 is 2.53 bits per heavy atom. The summed E-state index contributed by atoms with van der Waals surface area (Å²) in [4.78, 5) is 0. The van der Waals surface area contributed by atoms with Gasteiger partial charge in [0.05, 0.1) is 23.9 Å². The van der Waals surface area contributed by atoms with E-state index in [9.17, 15) is 0 Å². The van der Waals surface area contributed by atoms with Crippen LogP contribution in [0.5, 0.6) is 0 Å². The quantitative estimate of drug-likeness (QED) is 0.849. The van der Waals surface area contributed by atoms with Gasteiger partial charge in [0, 0.05) is 12.1 Å². The molecule has 1 aromatic carbocycles. The van der Waals surface area contributed by atoms with Gasteiger partial charge < -0.3 is 15.2 Å². The van der Waals surface area contributed by atoms with E-state index in [1.54, 1.807) is 0 Å². The van der Waals surface area contributed by atoms with Crippen molar-refractivity contribution in [3.05, 3.63) is 29.8 Å². The van der Waals surface area contributed by atoms with E-state index < -0.39 is 0 Å². The van der Waals surface area contributed by atoms with Crippen molar-refractivity contribution in [3.8, 4) is 0 Å². The number of ether oxygens (including phenoxy) is 2. The molecule has 2 rings (SSSR count). The van der Waals surface area contributed by atoms with Gasteiger partial charge >= 0.3 is 0 Å². The summed E-state index contributed by atoms with van der Waals surface area (Å²) < 4.78 is 12.1. The van der Waals surface area contributed by atoms with Gasteiger partial charge in [0.1, 0.15) is 0 Å². The van der Waals surface area contributed by atoms with Crippen molar-refractivity contribution in [3.63, 3.8) is 0 Å². The Morgan fingerprint density at radius 2 is 1.95 bits per heavy atom. The van der Waals surface area contributed by atoms with Crippen LogP contribution < -0.4 is 5.73 Å². The summed E-state index contributed by atoms with van der Waals surface area (Å²) in [5, 5.41) is 0. The summed E-state index contributed by atoms with van der Waals surface area (Å²) >= 11 is 0. The molecule has 0 radical (unpaired) electrons. The maximum absolute atomic E-state index is 6.03. The van der Waals surface area contributed by atoms with Gasteiger partial charge in [-0.05, 0) is 45.7 Å². The fourth-order valence-corrected chi connectivity index (χ4v) is 2.84. The van der Waals surface area contributed by atoms with E-state index in [1.165, 1.54) is 0 Å². The molecule has 0 spiro atoms. The molecular weight excluding hydrogens is 238 g/mol. The van der Waals surface area contributed by atoms with Crippen LogP contribution in [0.1, 0.15) is 39.7 Å². The maximum Gasteiger partial charge on any atom is 0.0895 e. The van der Waals surface area contributed by atoms with Crippen LogP contribution in [-0.2, 0) is 15.9 Å². The standard InChI is InChI=1S/C16H25NO2/c1-15(2)11-14(16(3,4)19-15)18-10-9-12-7-5-6-8-13(12)17/h5-8,14H,9-11,17H2,1-4H3. The van der Waals surface area contributed by atoms with E-state index in [1.807, 2.05) is 18.2 Å². The fourth-order valence-electron chi connectivity index (χ4n) is 2.84. The lowest BCUT2D eigenvalue weighted by Gasteiger charge is -2.27. The van der Waals surface area contributed by atoms with E-state index in [-0.39, 0.29) is 17.3 Å². The van der Waals surface area contributed by atoms with Gasteiger partial charge in [0.15, 0.2) is 0 Å². The van der Waals surface area contributed by atoms with E-state index in [0.717, 1.165) is 24.1 Å². The average molecular weight is 263 g/mol. The van der Waals surface area contributed by atoms with Crippen molar-refractivity contribution in [1.82, 2.24) is 0 Å². The van der Waals surface area contributed by atoms with Crippen LogP contribution >= 0.6 is 0 Å². The summed E-state index contributed by atoms with van der Waals surface area (Å²) in [6, 6.07) is 7.95. The molecule has 0 saturated carbocycles. The molecule has 106 valence electrons. The summed E-state index contributed by atoms with van der Waals surface area (Å²) in [5.74, 6) is 0. The van der Waals surface area contributed by atoms with Gasteiger partial charge in [-0.2, -0.15) is 0 Å². The minimum absolute atomic E-state index is 0.0973. The number of anilines is 1. The lowest BCUT2D eigenvalue weighted by molar-refractivity contribution is -0.102. The van der Waals surface area contributed by atoms with E-state index >= 15 is 0 Å². The van der Waals surface area contributed by atoms with Gasteiger partial charge in [-0.3, -0.25) is 0 Å². The number of para-hydroxylation sites is 1. The van der Waals surface area contributed by atoms with Gasteiger partial charge in [0.25, 0.3) is 0 Å². The monoisotopic (exact) mass is 263 g/mol. The van der Waals surface area contributed by atoms with Crippen LogP contribution in [-0.4, -0.2) is 23.9 Å². The van der Waals surface area contributed by atoms with Crippen LogP contribution in [0.3, 0.4) is 0 Å². The number of rotatable bonds is 4. The van der Waals surface area contributed by atoms with Crippen molar-refractivity contribution >= 4 is 5.69 Å². The van der Waals surface area contributed by atoms with Crippen molar-refractivity contribution in [1.29, 1.82) is 0 Å². The van der Waals surface area contributed by atoms with E-state index in [0.29, 0.717) is 6.61 Å². The molecule has 0 aromatic heterocycles. The second kappa shape index (κ2) is 5.14. The number of nitrogen functional groups attached to an aromatic ring is 1. The average Bonchev–Trinajstić information content (AvgIpc) is 2.49. The van der Waals surface area contributed by atoms with Crippen LogP contribution in [0.15, 0.2) is 24.3 Å². The highest BCUT2D eigenvalue weighted by Gasteiger charge is 2.46. The summed E-state index contributed by atoms with van der Waals surface area (Å²) in [6.07, 6.45) is 1.93. The normalized spacial score (nSPS) is 24.5. The van der Waals surface area contributed by atoms with Crippen LogP contribution in [0, 0.1) is 0 Å². The smallest absolute Gasteiger partial charge is 0.0895 e. The Kier molecular flexibility index (Phi) is 3.88. The number of hydrogen-bond acceptors (Lipinski definition) is 3. The molecule has 1 atom stereocenters. The first-order valence-corrected chi connectivity index (χ1v) is 6.95. The molecule has 1 unspecified atom stereocenters. The highest BCUT2D eigenvalue weighted by atomic mass is 16.6. The van der Waals surface area contributed by atoms with Crippen LogP contribution in [0.2, 0.25) is 0 Å². The zero-order valence-corrected chi connectivity index (χ0v) is 12.4. The van der Waals surface area contributed by atoms with Gasteiger partial charge in [-0.1, -0.05) is 18.2 Å². The zero-order chi connectivity index (χ0) is 14.1. The van der Waals surface area contributed by atoms with Gasteiger partial charge in [-0.25, -0.2) is 0 Å². The molecule has 1 aromatic rings. The molecule has 1 heterocycles. The maximum atomic E-state index is 6.03. The molecule has 1 aliphatic heterocycles. The third-order valence-electron chi connectivity index (χ3n) is 3.74. The summed E-state index contributed by atoms with van der Waals surface area (Å²) in [6.45, 7) is 9.12. The first kappa shape index (κ1) is 14.4. The number of hydrogen-bond donors (Lipinski definition) is 1. The minimum atomic E-state index is -0.217. The molecular formula is C16H25NO2. The molecule has 0 bridgehead atoms. The lowest BCUT2D eigenvalue weighted by Crippen LogP contribution is -2.35. The van der Waals surface area contributed by atoms with E-state index in [4.69, 9.17) is 15.2 Å². The molecule has 2 N–H and O–H groups in total. The third-order valence-corrected chi connectivity index (χ3v) is 3.74. The molecule has 0 aliphatic carbocycles. The predicted octanol–water partition coefficient (Wildman–Crippen LogP) is 3.17. The topological polar surface area (TPSA) is 44.5 Å². The van der Waals surface area contributed by atoms with Crippen molar-refractivity contribution in [2.45, 2.75) is 57.8 Å². The summed E-state index contributed by atoms with van der Waals surface area (Å²) in [5.41, 5.74) is 7.61. The molecule has 1 saturated heterocycles. The lowest BCUT2D eigenvalue weighted by atomic mass is 9.97. The predicted molar refractivity (Wildman–Crippen MR) is 78.2 cm³/mol. The third kappa shape index (κ3) is 3.48. The van der Waals surface area contributed by atoms with Crippen molar-refractivity contribution in [2.24, 2.45) is 0 Å². The second-order valence-corrected chi connectivity index (χ2v) is 6.48. The van der Waals surface area contributed by atoms with Gasteiger partial charge in [0.2, 0.25) is 0 Å². The first-order valence-electron chi connectivity index (χ1n) is 6.95.